The maximum atomic E-state index is 13.0. The Hall–Kier alpha value is -2.40. The summed E-state index contributed by atoms with van der Waals surface area (Å²) in [6.07, 6.45) is 1.78. The Balaban J connectivity index is 1.53. The molecule has 154 valence electrons. The van der Waals surface area contributed by atoms with Crippen LogP contribution in [0.3, 0.4) is 0 Å². The minimum atomic E-state index is -0.0930. The number of rotatable bonds is 3. The second-order valence-corrected chi connectivity index (χ2v) is 8.83. The van der Waals surface area contributed by atoms with Crippen LogP contribution in [0.2, 0.25) is 0 Å². The van der Waals surface area contributed by atoms with E-state index in [2.05, 4.69) is 48.6 Å². The molecule has 2 aliphatic rings. The molecule has 0 atom stereocenters. The minimum Gasteiger partial charge on any atom is -0.339 e. The van der Waals surface area contributed by atoms with E-state index < -0.39 is 0 Å². The Morgan fingerprint density at radius 1 is 0.931 bits per heavy atom. The fourth-order valence-electron chi connectivity index (χ4n) is 4.99. The van der Waals surface area contributed by atoms with E-state index in [0.29, 0.717) is 5.92 Å². The number of ketones is 1. The summed E-state index contributed by atoms with van der Waals surface area (Å²) >= 11 is 0. The molecule has 29 heavy (non-hydrogen) atoms. The average Bonchev–Trinajstić information content (AvgIpc) is 3.16. The van der Waals surface area contributed by atoms with E-state index in [1.165, 1.54) is 11.3 Å². The van der Waals surface area contributed by atoms with Crippen LogP contribution in [0, 0.1) is 0 Å². The Labute approximate surface area is 173 Å². The maximum Gasteiger partial charge on any atom is 0.253 e. The van der Waals surface area contributed by atoms with Crippen LogP contribution in [0.5, 0.6) is 0 Å². The number of hydrogen-bond donors (Lipinski definition) is 0. The summed E-state index contributed by atoms with van der Waals surface area (Å²) in [5.41, 5.74) is 3.96. The van der Waals surface area contributed by atoms with Gasteiger partial charge in [0.05, 0.1) is 11.2 Å². The van der Waals surface area contributed by atoms with Crippen molar-refractivity contribution in [2.75, 3.05) is 26.7 Å². The largest absolute Gasteiger partial charge is 0.339 e. The van der Waals surface area contributed by atoms with Gasteiger partial charge < -0.3 is 9.47 Å². The molecule has 1 spiro atoms. The van der Waals surface area contributed by atoms with Crippen molar-refractivity contribution in [3.63, 3.8) is 0 Å². The first-order chi connectivity index (χ1) is 13.8. The zero-order valence-electron chi connectivity index (χ0n) is 17.9. The fraction of sp³-hybridized carbons (Fsp3) is 0.500. The molecule has 2 aromatic rings. The Morgan fingerprint density at radius 3 is 2.17 bits per heavy atom. The van der Waals surface area contributed by atoms with Crippen LogP contribution < -0.4 is 0 Å². The molecule has 0 saturated carbocycles. The molecule has 0 aliphatic carbocycles. The van der Waals surface area contributed by atoms with Crippen LogP contribution >= 0.6 is 0 Å². The Morgan fingerprint density at radius 2 is 1.59 bits per heavy atom. The lowest BCUT2D eigenvalue weighted by Crippen LogP contribution is -2.56. The van der Waals surface area contributed by atoms with E-state index in [1.807, 2.05) is 23.1 Å². The lowest BCUT2D eigenvalue weighted by atomic mass is 9.81. The zero-order chi connectivity index (χ0) is 20.8. The van der Waals surface area contributed by atoms with Gasteiger partial charge in [-0.3, -0.25) is 14.5 Å². The highest BCUT2D eigenvalue weighted by Crippen LogP contribution is 2.41. The lowest BCUT2D eigenvalue weighted by Gasteiger charge is -2.50. The predicted octanol–water partition coefficient (Wildman–Crippen LogP) is 3.89. The molecule has 4 rings (SSSR count). The van der Waals surface area contributed by atoms with Gasteiger partial charge in [0.15, 0.2) is 5.78 Å². The molecule has 5 nitrogen and oxygen atoms in total. The van der Waals surface area contributed by atoms with Crippen LogP contribution in [-0.4, -0.2) is 52.7 Å². The number of carbonyl (C=O) groups is 2. The molecule has 1 aromatic carbocycles. The number of amides is 1. The number of carbonyl (C=O) groups excluding carboxylic acids is 2. The van der Waals surface area contributed by atoms with E-state index in [4.69, 9.17) is 0 Å². The number of aromatic nitrogens is 1. The van der Waals surface area contributed by atoms with E-state index in [-0.39, 0.29) is 17.2 Å². The summed E-state index contributed by atoms with van der Waals surface area (Å²) in [5, 5.41) is 0. The van der Waals surface area contributed by atoms with Crippen molar-refractivity contribution < 1.29 is 9.59 Å². The number of Topliss-reactive ketones (excluding diaryl/α,β-unsaturated/α-hetero) is 1. The minimum absolute atomic E-state index is 0.0930. The first kappa shape index (κ1) is 19.9. The molecule has 0 bridgehead atoms. The highest BCUT2D eigenvalue weighted by Gasteiger charge is 2.45. The third kappa shape index (κ3) is 3.31. The second kappa shape index (κ2) is 7.45. The van der Waals surface area contributed by atoms with Gasteiger partial charge in [-0.05, 0) is 55.6 Å². The molecule has 0 unspecified atom stereocenters. The highest BCUT2D eigenvalue weighted by molar-refractivity contribution is 5.94. The van der Waals surface area contributed by atoms with Crippen LogP contribution in [0.25, 0.3) is 0 Å². The number of fused-ring (bicyclic) bond motifs is 2. The van der Waals surface area contributed by atoms with Crippen LogP contribution in [-0.2, 0) is 12.1 Å². The van der Waals surface area contributed by atoms with Gasteiger partial charge in [-0.25, -0.2) is 0 Å². The Kier molecular flexibility index (Phi) is 5.11. The van der Waals surface area contributed by atoms with Gasteiger partial charge in [0, 0.05) is 44.4 Å². The van der Waals surface area contributed by atoms with Gasteiger partial charge in [0.1, 0.15) is 0 Å². The average molecular weight is 394 g/mol. The summed E-state index contributed by atoms with van der Waals surface area (Å²) < 4.78 is 2.20. The number of nitrogens with zero attached hydrogens (tertiary/aromatic N) is 3. The van der Waals surface area contributed by atoms with Gasteiger partial charge in [-0.1, -0.05) is 26.0 Å². The van der Waals surface area contributed by atoms with Gasteiger partial charge in [0.2, 0.25) is 0 Å². The number of likely N-dealkylation sites (N-methyl/N-ethyl adjacent to an activating group) is 1. The molecule has 1 aromatic heterocycles. The number of hydrogen-bond acceptors (Lipinski definition) is 3. The van der Waals surface area contributed by atoms with E-state index in [1.54, 1.807) is 6.92 Å². The molecule has 0 N–H and O–H groups in total. The summed E-state index contributed by atoms with van der Waals surface area (Å²) in [5.74, 6) is 0.703. The zero-order valence-corrected chi connectivity index (χ0v) is 17.9. The molecule has 1 saturated heterocycles. The van der Waals surface area contributed by atoms with Crippen LogP contribution in [0.15, 0.2) is 36.4 Å². The van der Waals surface area contributed by atoms with Crippen molar-refractivity contribution in [1.82, 2.24) is 14.4 Å². The lowest BCUT2D eigenvalue weighted by molar-refractivity contribution is 0.0128. The second-order valence-electron chi connectivity index (χ2n) is 8.83. The van der Waals surface area contributed by atoms with Gasteiger partial charge in [-0.15, -0.1) is 0 Å². The van der Waals surface area contributed by atoms with Crippen molar-refractivity contribution in [2.24, 2.45) is 0 Å². The monoisotopic (exact) mass is 393 g/mol. The number of benzene rings is 1. The predicted molar refractivity (Wildman–Crippen MR) is 114 cm³/mol. The first-order valence-corrected chi connectivity index (χ1v) is 10.6. The van der Waals surface area contributed by atoms with Crippen molar-refractivity contribution in [2.45, 2.75) is 51.6 Å². The summed E-state index contributed by atoms with van der Waals surface area (Å²) in [6, 6.07) is 12.1. The van der Waals surface area contributed by atoms with E-state index in [0.717, 1.165) is 50.3 Å². The summed E-state index contributed by atoms with van der Waals surface area (Å²) in [4.78, 5) is 29.4. The molecular weight excluding hydrogens is 362 g/mol. The smallest absolute Gasteiger partial charge is 0.253 e. The van der Waals surface area contributed by atoms with Crippen molar-refractivity contribution >= 4 is 11.7 Å². The quantitative estimate of drug-likeness (QED) is 0.743. The normalized spacial score (nSPS) is 18.9. The third-order valence-corrected chi connectivity index (χ3v) is 6.91. The number of likely N-dealkylation sites (tertiary alicyclic amines) is 1. The third-order valence-electron chi connectivity index (χ3n) is 6.91. The van der Waals surface area contributed by atoms with Gasteiger partial charge in [-0.2, -0.15) is 0 Å². The van der Waals surface area contributed by atoms with E-state index >= 15 is 0 Å². The highest BCUT2D eigenvalue weighted by atomic mass is 16.2. The van der Waals surface area contributed by atoms with Gasteiger partial charge in [0.25, 0.3) is 5.91 Å². The number of piperidine rings is 1. The van der Waals surface area contributed by atoms with Crippen LogP contribution in [0.1, 0.15) is 71.6 Å². The standard InChI is InChI=1S/C24H31N3O2/c1-17(2)19-5-7-20(8-6-19)23(29)26-13-11-24(12-14-26)22-10-9-21(18(3)28)27(22)16-15-25(24)4/h5-10,17H,11-16H2,1-4H3. The van der Waals surface area contributed by atoms with Gasteiger partial charge >= 0.3 is 0 Å². The molecule has 5 heteroatoms. The molecule has 2 aliphatic heterocycles. The molecule has 1 amide bonds. The van der Waals surface area contributed by atoms with Crippen molar-refractivity contribution in [3.8, 4) is 0 Å². The molecular formula is C24H31N3O2. The van der Waals surface area contributed by atoms with Crippen molar-refractivity contribution in [1.29, 1.82) is 0 Å². The maximum absolute atomic E-state index is 13.0. The SMILES string of the molecule is CC(=O)c1ccc2n1CCN(C)C21CCN(C(=O)c2ccc(C(C)C)cc2)CC1. The van der Waals surface area contributed by atoms with Crippen molar-refractivity contribution in [3.05, 3.63) is 58.9 Å². The topological polar surface area (TPSA) is 45.6 Å². The molecule has 3 heterocycles. The first-order valence-electron chi connectivity index (χ1n) is 10.6. The molecule has 1 fully saturated rings. The summed E-state index contributed by atoms with van der Waals surface area (Å²) in [7, 11) is 2.17. The van der Waals surface area contributed by atoms with E-state index in [9.17, 15) is 9.59 Å². The fourth-order valence-corrected chi connectivity index (χ4v) is 4.99. The molecule has 0 radical (unpaired) electrons. The Bertz CT molecular complexity index is 918. The van der Waals surface area contributed by atoms with Crippen LogP contribution in [0.4, 0.5) is 0 Å². The summed E-state index contributed by atoms with van der Waals surface area (Å²) in [6.45, 7) is 9.20.